The minimum absolute atomic E-state index is 0.595. The zero-order chi connectivity index (χ0) is 8.32. The average Bonchev–Trinajstić information content (AvgIpc) is 1.86. The summed E-state index contributed by atoms with van der Waals surface area (Å²) in [5.74, 6) is 5.65. The molecule has 0 aromatic heterocycles. The van der Waals surface area contributed by atoms with Gasteiger partial charge in [0.15, 0.2) is 0 Å². The molecule has 2 heteroatoms. The molecule has 0 spiro atoms. The Morgan fingerprint density at radius 3 is 1.91 bits per heavy atom. The first-order valence-electron chi connectivity index (χ1n) is 4.72. The Labute approximate surface area is 69.7 Å². The molecule has 1 rings (SSSR count). The van der Waals surface area contributed by atoms with Gasteiger partial charge in [0, 0.05) is 13.1 Å². The van der Waals surface area contributed by atoms with Crippen molar-refractivity contribution < 1.29 is 0 Å². The summed E-state index contributed by atoms with van der Waals surface area (Å²) in [4.78, 5) is 0. The van der Waals surface area contributed by atoms with Crippen molar-refractivity contribution in [1.82, 2.24) is 5.01 Å². The normalized spacial score (nSPS) is 23.2. The Bertz CT molecular complexity index is 101. The molecule has 0 aromatic carbocycles. The largest absolute Gasteiger partial charge is 0.269 e. The van der Waals surface area contributed by atoms with E-state index >= 15 is 0 Å². The van der Waals surface area contributed by atoms with Gasteiger partial charge in [0.25, 0.3) is 0 Å². The third-order valence-corrected chi connectivity index (χ3v) is 2.64. The first kappa shape index (κ1) is 9.01. The van der Waals surface area contributed by atoms with Crippen LogP contribution in [0.25, 0.3) is 0 Å². The molecule has 0 unspecified atom stereocenters. The third-order valence-electron chi connectivity index (χ3n) is 2.64. The molecule has 0 saturated carbocycles. The monoisotopic (exact) mass is 156 g/mol. The van der Waals surface area contributed by atoms with E-state index in [0.29, 0.717) is 5.41 Å². The van der Waals surface area contributed by atoms with Crippen LogP contribution in [0.4, 0.5) is 0 Å². The molecule has 1 heterocycles. The van der Waals surface area contributed by atoms with Crippen molar-refractivity contribution in [2.24, 2.45) is 11.3 Å². The van der Waals surface area contributed by atoms with Crippen LogP contribution >= 0.6 is 0 Å². The van der Waals surface area contributed by atoms with Crippen molar-refractivity contribution in [2.75, 3.05) is 13.1 Å². The van der Waals surface area contributed by atoms with Gasteiger partial charge >= 0.3 is 0 Å². The van der Waals surface area contributed by atoms with Gasteiger partial charge in [0.2, 0.25) is 0 Å². The molecule has 0 aromatic rings. The van der Waals surface area contributed by atoms with Crippen molar-refractivity contribution in [3.63, 3.8) is 0 Å². The second-order valence-electron chi connectivity index (χ2n) is 3.90. The quantitative estimate of drug-likeness (QED) is 0.628. The van der Waals surface area contributed by atoms with E-state index in [1.54, 1.807) is 0 Å². The Balaban J connectivity index is 2.33. The van der Waals surface area contributed by atoms with Crippen LogP contribution in [-0.4, -0.2) is 18.1 Å². The van der Waals surface area contributed by atoms with E-state index in [-0.39, 0.29) is 0 Å². The number of hydrogen-bond donors (Lipinski definition) is 1. The van der Waals surface area contributed by atoms with E-state index in [1.807, 2.05) is 5.01 Å². The highest BCUT2D eigenvalue weighted by atomic mass is 15.4. The maximum atomic E-state index is 5.65. The van der Waals surface area contributed by atoms with Gasteiger partial charge in [0.1, 0.15) is 0 Å². The summed E-state index contributed by atoms with van der Waals surface area (Å²) in [6.07, 6.45) is 5.31. The zero-order valence-corrected chi connectivity index (χ0v) is 7.77. The van der Waals surface area contributed by atoms with Crippen LogP contribution in [0.5, 0.6) is 0 Å². The highest BCUT2D eigenvalue weighted by molar-refractivity contribution is 4.91. The first-order valence-corrected chi connectivity index (χ1v) is 4.72. The Hall–Kier alpha value is -0.0800. The molecule has 0 aliphatic carbocycles. The van der Waals surface area contributed by atoms with E-state index in [9.17, 15) is 0 Å². The molecule has 1 fully saturated rings. The number of hydrogen-bond acceptors (Lipinski definition) is 2. The van der Waals surface area contributed by atoms with Crippen LogP contribution in [0.3, 0.4) is 0 Å². The van der Waals surface area contributed by atoms with E-state index in [1.165, 1.54) is 25.7 Å². The highest BCUT2D eigenvalue weighted by Crippen LogP contribution is 2.37. The Morgan fingerprint density at radius 1 is 1.18 bits per heavy atom. The molecule has 1 saturated heterocycles. The molecule has 0 bridgehead atoms. The summed E-state index contributed by atoms with van der Waals surface area (Å²) in [6, 6.07) is 0. The lowest BCUT2D eigenvalue weighted by Gasteiger charge is -2.48. The minimum Gasteiger partial charge on any atom is -0.269 e. The van der Waals surface area contributed by atoms with Gasteiger partial charge in [-0.15, -0.1) is 0 Å². The van der Waals surface area contributed by atoms with Gasteiger partial charge in [0.05, 0.1) is 0 Å². The SMILES string of the molecule is CCCC1(CCC)CN(N)C1. The van der Waals surface area contributed by atoms with Crippen LogP contribution in [0.2, 0.25) is 0 Å². The van der Waals surface area contributed by atoms with Crippen LogP contribution in [0, 0.1) is 5.41 Å². The molecular weight excluding hydrogens is 136 g/mol. The van der Waals surface area contributed by atoms with Gasteiger partial charge in [-0.1, -0.05) is 26.7 Å². The predicted molar refractivity (Wildman–Crippen MR) is 48.0 cm³/mol. The molecule has 0 amide bonds. The molecule has 66 valence electrons. The van der Waals surface area contributed by atoms with E-state index < -0.39 is 0 Å². The molecule has 0 atom stereocenters. The molecule has 1 aliphatic heterocycles. The summed E-state index contributed by atoms with van der Waals surface area (Å²) < 4.78 is 0. The summed E-state index contributed by atoms with van der Waals surface area (Å²) >= 11 is 0. The van der Waals surface area contributed by atoms with Crippen molar-refractivity contribution >= 4 is 0 Å². The zero-order valence-electron chi connectivity index (χ0n) is 7.77. The number of nitrogens with zero attached hydrogens (tertiary/aromatic N) is 1. The summed E-state index contributed by atoms with van der Waals surface area (Å²) in [6.45, 7) is 6.76. The molecular formula is C9H20N2. The topological polar surface area (TPSA) is 29.3 Å². The van der Waals surface area contributed by atoms with Gasteiger partial charge in [-0.05, 0) is 18.3 Å². The van der Waals surface area contributed by atoms with Crippen molar-refractivity contribution in [3.8, 4) is 0 Å². The summed E-state index contributed by atoms with van der Waals surface area (Å²) in [7, 11) is 0. The Morgan fingerprint density at radius 2 is 1.64 bits per heavy atom. The van der Waals surface area contributed by atoms with Crippen LogP contribution in [0.1, 0.15) is 39.5 Å². The smallest absolute Gasteiger partial charge is 0.0198 e. The van der Waals surface area contributed by atoms with Gasteiger partial charge in [-0.25, -0.2) is 5.01 Å². The van der Waals surface area contributed by atoms with Crippen LogP contribution in [-0.2, 0) is 0 Å². The fourth-order valence-corrected chi connectivity index (χ4v) is 2.32. The molecule has 2 N–H and O–H groups in total. The highest BCUT2D eigenvalue weighted by Gasteiger charge is 2.39. The van der Waals surface area contributed by atoms with E-state index in [4.69, 9.17) is 5.84 Å². The fraction of sp³-hybridized carbons (Fsp3) is 1.00. The second-order valence-corrected chi connectivity index (χ2v) is 3.90. The predicted octanol–water partition coefficient (Wildman–Crippen LogP) is 1.76. The van der Waals surface area contributed by atoms with Crippen molar-refractivity contribution in [2.45, 2.75) is 39.5 Å². The van der Waals surface area contributed by atoms with E-state index in [2.05, 4.69) is 13.8 Å². The number of rotatable bonds is 4. The number of nitrogens with two attached hydrogens (primary N) is 1. The van der Waals surface area contributed by atoms with Gasteiger partial charge in [-0.2, -0.15) is 0 Å². The summed E-state index contributed by atoms with van der Waals surface area (Å²) in [5.41, 5.74) is 0.595. The molecule has 1 aliphatic rings. The average molecular weight is 156 g/mol. The number of hydrazine groups is 1. The first-order chi connectivity index (χ1) is 5.22. The lowest BCUT2D eigenvalue weighted by Crippen LogP contribution is -2.59. The lowest BCUT2D eigenvalue weighted by molar-refractivity contribution is -0.0150. The van der Waals surface area contributed by atoms with Crippen LogP contribution < -0.4 is 5.84 Å². The standard InChI is InChI=1S/C9H20N2/c1-3-5-9(6-4-2)7-11(10)8-9/h3-8,10H2,1-2H3. The second kappa shape index (κ2) is 3.55. The maximum absolute atomic E-state index is 5.65. The summed E-state index contributed by atoms with van der Waals surface area (Å²) in [5, 5.41) is 1.94. The minimum atomic E-state index is 0.595. The van der Waals surface area contributed by atoms with Gasteiger partial charge in [-0.3, -0.25) is 5.84 Å². The lowest BCUT2D eigenvalue weighted by atomic mass is 9.74. The van der Waals surface area contributed by atoms with Crippen molar-refractivity contribution in [3.05, 3.63) is 0 Å². The van der Waals surface area contributed by atoms with Crippen molar-refractivity contribution in [1.29, 1.82) is 0 Å². The van der Waals surface area contributed by atoms with Crippen LogP contribution in [0.15, 0.2) is 0 Å². The van der Waals surface area contributed by atoms with Gasteiger partial charge < -0.3 is 0 Å². The molecule has 2 nitrogen and oxygen atoms in total. The maximum Gasteiger partial charge on any atom is 0.0198 e. The molecule has 11 heavy (non-hydrogen) atoms. The molecule has 0 radical (unpaired) electrons. The van der Waals surface area contributed by atoms with E-state index in [0.717, 1.165) is 13.1 Å². The Kier molecular flexibility index (Phi) is 2.90. The third kappa shape index (κ3) is 1.94. The fourth-order valence-electron chi connectivity index (χ4n) is 2.32.